The summed E-state index contributed by atoms with van der Waals surface area (Å²) in [6.45, 7) is 1.01. The average molecular weight is 452 g/mol. The minimum absolute atomic E-state index is 0.0571. The number of ether oxygens (including phenoxy) is 2. The molecule has 3 rings (SSSR count). The second-order valence-corrected chi connectivity index (χ2v) is 7.42. The van der Waals surface area contributed by atoms with Crippen LogP contribution in [0.4, 0.5) is 8.78 Å². The van der Waals surface area contributed by atoms with Crippen molar-refractivity contribution in [1.82, 2.24) is 5.32 Å². The highest BCUT2D eigenvalue weighted by Crippen LogP contribution is 2.34. The van der Waals surface area contributed by atoms with Crippen LogP contribution in [0.2, 0.25) is 10.0 Å². The molecular formula is C23H21Cl2F2NO2. The van der Waals surface area contributed by atoms with E-state index in [0.29, 0.717) is 41.6 Å². The zero-order valence-corrected chi connectivity index (χ0v) is 17.9. The Balaban J connectivity index is 1.63. The fraction of sp³-hybridized carbons (Fsp3) is 0.217. The zero-order chi connectivity index (χ0) is 21.5. The molecule has 3 nitrogen and oxygen atoms in total. The van der Waals surface area contributed by atoms with Crippen molar-refractivity contribution < 1.29 is 18.3 Å². The molecule has 0 spiro atoms. The second kappa shape index (κ2) is 10.6. The molecule has 0 aromatic heterocycles. The SMILES string of the molecule is COc1cc(CNCCc2ccccc2F)c(Cl)cc1OCc1c(F)cccc1Cl. The van der Waals surface area contributed by atoms with Gasteiger partial charge in [-0.25, -0.2) is 8.78 Å². The lowest BCUT2D eigenvalue weighted by atomic mass is 10.1. The fourth-order valence-electron chi connectivity index (χ4n) is 2.95. The van der Waals surface area contributed by atoms with E-state index in [1.165, 1.54) is 25.3 Å². The van der Waals surface area contributed by atoms with Crippen molar-refractivity contribution in [1.29, 1.82) is 0 Å². The van der Waals surface area contributed by atoms with Crippen LogP contribution < -0.4 is 14.8 Å². The quantitative estimate of drug-likeness (QED) is 0.393. The van der Waals surface area contributed by atoms with E-state index in [-0.39, 0.29) is 23.0 Å². The first-order valence-corrected chi connectivity index (χ1v) is 10.1. The number of rotatable bonds is 9. The predicted octanol–water partition coefficient (Wildman–Crippen LogP) is 6.19. The first-order chi connectivity index (χ1) is 14.5. The summed E-state index contributed by atoms with van der Waals surface area (Å²) >= 11 is 12.4. The molecule has 0 aliphatic rings. The molecule has 0 bridgehead atoms. The first-order valence-electron chi connectivity index (χ1n) is 9.35. The lowest BCUT2D eigenvalue weighted by Gasteiger charge is -2.15. The largest absolute Gasteiger partial charge is 0.493 e. The first kappa shape index (κ1) is 22.3. The van der Waals surface area contributed by atoms with Gasteiger partial charge >= 0.3 is 0 Å². The summed E-state index contributed by atoms with van der Waals surface area (Å²) in [5.74, 6) is 0.202. The summed E-state index contributed by atoms with van der Waals surface area (Å²) in [6, 6.07) is 14.5. The van der Waals surface area contributed by atoms with Crippen LogP contribution in [-0.4, -0.2) is 13.7 Å². The van der Waals surface area contributed by atoms with Gasteiger partial charge in [-0.15, -0.1) is 0 Å². The lowest BCUT2D eigenvalue weighted by molar-refractivity contribution is 0.279. The average Bonchev–Trinajstić information content (AvgIpc) is 2.73. The molecule has 0 aliphatic carbocycles. The molecule has 0 fully saturated rings. The van der Waals surface area contributed by atoms with Gasteiger partial charge in [-0.2, -0.15) is 0 Å². The fourth-order valence-corrected chi connectivity index (χ4v) is 3.39. The van der Waals surface area contributed by atoms with Crippen LogP contribution in [0.3, 0.4) is 0 Å². The van der Waals surface area contributed by atoms with Gasteiger partial charge in [-0.1, -0.05) is 47.5 Å². The Hall–Kier alpha value is -2.34. The van der Waals surface area contributed by atoms with Crippen LogP contribution in [0.5, 0.6) is 11.5 Å². The maximum atomic E-state index is 13.9. The van der Waals surface area contributed by atoms with E-state index in [1.54, 1.807) is 30.3 Å². The van der Waals surface area contributed by atoms with Crippen molar-refractivity contribution in [2.75, 3.05) is 13.7 Å². The highest BCUT2D eigenvalue weighted by molar-refractivity contribution is 6.31. The lowest BCUT2D eigenvalue weighted by Crippen LogP contribution is -2.17. The highest BCUT2D eigenvalue weighted by Gasteiger charge is 2.13. The Bertz CT molecular complexity index is 994. The Morgan fingerprint density at radius 2 is 1.63 bits per heavy atom. The van der Waals surface area contributed by atoms with E-state index >= 15 is 0 Å². The second-order valence-electron chi connectivity index (χ2n) is 6.60. The third-order valence-corrected chi connectivity index (χ3v) is 5.32. The van der Waals surface area contributed by atoms with E-state index < -0.39 is 5.82 Å². The van der Waals surface area contributed by atoms with Gasteiger partial charge in [0.1, 0.15) is 18.2 Å². The standard InChI is InChI=1S/C23H21Cl2F2NO2/c1-29-22-11-16(13-28-10-9-15-5-2-3-7-20(15)26)19(25)12-23(22)30-14-17-18(24)6-4-8-21(17)27/h2-8,11-12,28H,9-10,13-14H2,1H3. The van der Waals surface area contributed by atoms with E-state index in [2.05, 4.69) is 5.32 Å². The van der Waals surface area contributed by atoms with E-state index in [1.807, 2.05) is 6.07 Å². The number of benzene rings is 3. The number of hydrogen-bond acceptors (Lipinski definition) is 3. The van der Waals surface area contributed by atoms with E-state index in [9.17, 15) is 8.78 Å². The molecule has 0 radical (unpaired) electrons. The van der Waals surface area contributed by atoms with Crippen LogP contribution in [-0.2, 0) is 19.6 Å². The summed E-state index contributed by atoms with van der Waals surface area (Å²) in [7, 11) is 1.52. The maximum absolute atomic E-state index is 13.9. The molecule has 3 aromatic carbocycles. The van der Waals surface area contributed by atoms with Crippen molar-refractivity contribution in [3.8, 4) is 11.5 Å². The summed E-state index contributed by atoms with van der Waals surface area (Å²) in [6.07, 6.45) is 0.562. The van der Waals surface area contributed by atoms with Crippen molar-refractivity contribution in [3.63, 3.8) is 0 Å². The zero-order valence-electron chi connectivity index (χ0n) is 16.4. The summed E-state index contributed by atoms with van der Waals surface area (Å²) in [5, 5.41) is 4.01. The van der Waals surface area contributed by atoms with Crippen LogP contribution in [0.25, 0.3) is 0 Å². The Labute approximate surface area is 184 Å². The molecule has 0 unspecified atom stereocenters. The van der Waals surface area contributed by atoms with Gasteiger partial charge in [0.25, 0.3) is 0 Å². The highest BCUT2D eigenvalue weighted by atomic mass is 35.5. The van der Waals surface area contributed by atoms with Gasteiger partial charge in [0, 0.05) is 23.2 Å². The minimum Gasteiger partial charge on any atom is -0.493 e. The van der Waals surface area contributed by atoms with Crippen LogP contribution in [0, 0.1) is 11.6 Å². The van der Waals surface area contributed by atoms with Gasteiger partial charge in [0.05, 0.1) is 12.1 Å². The molecule has 0 aliphatic heterocycles. The normalized spacial score (nSPS) is 10.8. The van der Waals surface area contributed by atoms with Crippen molar-refractivity contribution in [2.45, 2.75) is 19.6 Å². The Morgan fingerprint density at radius 3 is 2.37 bits per heavy atom. The summed E-state index contributed by atoms with van der Waals surface area (Å²) in [4.78, 5) is 0. The molecule has 0 saturated carbocycles. The Morgan fingerprint density at radius 1 is 0.867 bits per heavy atom. The predicted molar refractivity (Wildman–Crippen MR) is 116 cm³/mol. The van der Waals surface area contributed by atoms with Crippen molar-refractivity contribution >= 4 is 23.2 Å². The maximum Gasteiger partial charge on any atom is 0.163 e. The third kappa shape index (κ3) is 5.63. The van der Waals surface area contributed by atoms with Crippen LogP contribution in [0.1, 0.15) is 16.7 Å². The number of methoxy groups -OCH3 is 1. The van der Waals surface area contributed by atoms with Crippen LogP contribution in [0.15, 0.2) is 54.6 Å². The summed E-state index contributed by atoms with van der Waals surface area (Å²) < 4.78 is 38.7. The molecule has 3 aromatic rings. The molecule has 0 atom stereocenters. The summed E-state index contributed by atoms with van der Waals surface area (Å²) in [5.41, 5.74) is 1.72. The van der Waals surface area contributed by atoms with Gasteiger partial charge < -0.3 is 14.8 Å². The Kier molecular flexibility index (Phi) is 7.91. The number of halogens is 4. The third-order valence-electron chi connectivity index (χ3n) is 4.61. The van der Waals surface area contributed by atoms with Gasteiger partial charge in [0.2, 0.25) is 0 Å². The topological polar surface area (TPSA) is 30.5 Å². The minimum atomic E-state index is -0.441. The molecule has 30 heavy (non-hydrogen) atoms. The molecule has 0 saturated heterocycles. The van der Waals surface area contributed by atoms with Crippen molar-refractivity contribution in [3.05, 3.63) is 93.0 Å². The number of nitrogens with one attached hydrogen (secondary N) is 1. The van der Waals surface area contributed by atoms with Crippen LogP contribution >= 0.6 is 23.2 Å². The molecule has 0 amide bonds. The molecule has 158 valence electrons. The smallest absolute Gasteiger partial charge is 0.163 e. The number of hydrogen-bond donors (Lipinski definition) is 1. The molecular weight excluding hydrogens is 431 g/mol. The van der Waals surface area contributed by atoms with Gasteiger partial charge in [-0.05, 0) is 48.4 Å². The monoisotopic (exact) mass is 451 g/mol. The molecule has 0 heterocycles. The van der Waals surface area contributed by atoms with Crippen molar-refractivity contribution in [2.24, 2.45) is 0 Å². The van der Waals surface area contributed by atoms with Gasteiger partial charge in [-0.3, -0.25) is 0 Å². The van der Waals surface area contributed by atoms with E-state index in [0.717, 1.165) is 5.56 Å². The molecule has 1 N–H and O–H groups in total. The van der Waals surface area contributed by atoms with Gasteiger partial charge in [0.15, 0.2) is 11.5 Å². The molecule has 7 heteroatoms. The van der Waals surface area contributed by atoms with E-state index in [4.69, 9.17) is 32.7 Å².